The Morgan fingerprint density at radius 3 is 2.48 bits per heavy atom. The molecule has 3 saturated carbocycles. The predicted molar refractivity (Wildman–Crippen MR) is 178 cm³/mol. The van der Waals surface area contributed by atoms with E-state index in [0.29, 0.717) is 16.9 Å². The van der Waals surface area contributed by atoms with Crippen molar-refractivity contribution in [3.63, 3.8) is 0 Å². The van der Waals surface area contributed by atoms with Crippen LogP contribution in [0.3, 0.4) is 0 Å². The predicted octanol–water partition coefficient (Wildman–Crippen LogP) is 6.73. The van der Waals surface area contributed by atoms with Crippen molar-refractivity contribution < 1.29 is 29.9 Å². The molecule has 0 radical (unpaired) electrons. The molecule has 1 saturated heterocycles. The van der Waals surface area contributed by atoms with Gasteiger partial charge in [0.25, 0.3) is 0 Å². The number of hydrogen-bond donors (Lipinski definition) is 4. The molecule has 44 heavy (non-hydrogen) atoms. The van der Waals surface area contributed by atoms with Crippen LogP contribution in [-0.4, -0.2) is 75.3 Å². The Morgan fingerprint density at radius 1 is 0.932 bits per heavy atom. The number of unbranched alkanes of at least 4 members (excludes halogenated alkanes) is 1. The van der Waals surface area contributed by atoms with Crippen molar-refractivity contribution in [3.05, 3.63) is 11.6 Å². The van der Waals surface area contributed by atoms with Gasteiger partial charge in [0.2, 0.25) is 0 Å². The van der Waals surface area contributed by atoms with Gasteiger partial charge in [-0.15, -0.1) is 11.8 Å². The van der Waals surface area contributed by atoms with Crippen LogP contribution in [0.1, 0.15) is 118 Å². The number of rotatable bonds is 13. The van der Waals surface area contributed by atoms with Crippen LogP contribution >= 0.6 is 11.8 Å². The van der Waals surface area contributed by atoms with E-state index in [4.69, 9.17) is 9.47 Å². The molecule has 0 amide bonds. The third-order valence-electron chi connectivity index (χ3n) is 13.3. The lowest BCUT2D eigenvalue weighted by Gasteiger charge is -2.58. The van der Waals surface area contributed by atoms with Crippen LogP contribution in [0, 0.1) is 46.3 Å². The molecular formula is C37H64O6S. The van der Waals surface area contributed by atoms with Gasteiger partial charge in [0.15, 0.2) is 0 Å². The summed E-state index contributed by atoms with van der Waals surface area (Å²) in [6.45, 7) is 13.0. The summed E-state index contributed by atoms with van der Waals surface area (Å²) in [5.74, 6) is 5.99. The number of ether oxygens (including phenoxy) is 2. The molecule has 6 nitrogen and oxygen atoms in total. The summed E-state index contributed by atoms with van der Waals surface area (Å²) in [5.41, 5.74) is 1.94. The van der Waals surface area contributed by atoms with Crippen LogP contribution < -0.4 is 0 Å². The lowest BCUT2D eigenvalue weighted by atomic mass is 9.47. The molecule has 0 aromatic heterocycles. The SMILES string of the molecule is CC(C)CCC[C@@H](C)[C@H]1CCC2C3CC=C4C[C@@H](OCCCCS[C@@H]5O[C@H](CO)[C@@H](O)[C@H](O)[C@@H]5O)CC[C@]4(C)C3CC[C@@]21C. The lowest BCUT2D eigenvalue weighted by molar-refractivity contribution is -0.205. The van der Waals surface area contributed by atoms with Gasteiger partial charge >= 0.3 is 0 Å². The molecule has 7 heteroatoms. The van der Waals surface area contributed by atoms with Crippen molar-refractivity contribution in [1.82, 2.24) is 0 Å². The van der Waals surface area contributed by atoms with Gasteiger partial charge in [0.1, 0.15) is 29.9 Å². The summed E-state index contributed by atoms with van der Waals surface area (Å²) in [5, 5.41) is 39.6. The first-order valence-electron chi connectivity index (χ1n) is 18.2. The largest absolute Gasteiger partial charge is 0.394 e. The first kappa shape index (κ1) is 35.2. The Morgan fingerprint density at radius 2 is 1.73 bits per heavy atom. The summed E-state index contributed by atoms with van der Waals surface area (Å²) in [7, 11) is 0. The average Bonchev–Trinajstić information content (AvgIpc) is 3.35. The minimum Gasteiger partial charge on any atom is -0.394 e. The maximum atomic E-state index is 10.2. The van der Waals surface area contributed by atoms with Crippen LogP contribution in [0.2, 0.25) is 0 Å². The van der Waals surface area contributed by atoms with Gasteiger partial charge in [-0.05, 0) is 116 Å². The van der Waals surface area contributed by atoms with E-state index in [9.17, 15) is 20.4 Å². The fraction of sp³-hybridized carbons (Fsp3) is 0.946. The van der Waals surface area contributed by atoms with Crippen molar-refractivity contribution in [1.29, 1.82) is 0 Å². The Kier molecular flexibility index (Phi) is 11.9. The summed E-state index contributed by atoms with van der Waals surface area (Å²) in [4.78, 5) is 0. The second kappa shape index (κ2) is 15.0. The number of allylic oxidation sites excluding steroid dienone is 1. The smallest absolute Gasteiger partial charge is 0.132 e. The monoisotopic (exact) mass is 636 g/mol. The summed E-state index contributed by atoms with van der Waals surface area (Å²) < 4.78 is 12.0. The zero-order valence-corrected chi connectivity index (χ0v) is 29.1. The van der Waals surface area contributed by atoms with E-state index in [1.165, 1.54) is 69.5 Å². The fourth-order valence-electron chi connectivity index (χ4n) is 10.7. The van der Waals surface area contributed by atoms with E-state index >= 15 is 0 Å². The zero-order chi connectivity index (χ0) is 31.6. The van der Waals surface area contributed by atoms with Gasteiger partial charge < -0.3 is 29.9 Å². The zero-order valence-electron chi connectivity index (χ0n) is 28.3. The molecule has 1 heterocycles. The number of hydrogen-bond acceptors (Lipinski definition) is 7. The molecule has 254 valence electrons. The first-order valence-corrected chi connectivity index (χ1v) is 19.3. The van der Waals surface area contributed by atoms with E-state index in [-0.39, 0.29) is 6.61 Å². The fourth-order valence-corrected chi connectivity index (χ4v) is 11.8. The maximum Gasteiger partial charge on any atom is 0.132 e. The van der Waals surface area contributed by atoms with Gasteiger partial charge in [-0.3, -0.25) is 0 Å². The van der Waals surface area contributed by atoms with E-state index in [2.05, 4.69) is 40.7 Å². The number of fused-ring (bicyclic) bond motifs is 5. The topological polar surface area (TPSA) is 99.4 Å². The van der Waals surface area contributed by atoms with Gasteiger partial charge in [0.05, 0.1) is 12.7 Å². The number of aliphatic hydroxyl groups is 4. The second-order valence-electron chi connectivity index (χ2n) is 16.3. The van der Waals surface area contributed by atoms with E-state index < -0.39 is 29.9 Å². The second-order valence-corrected chi connectivity index (χ2v) is 17.5. The quantitative estimate of drug-likeness (QED) is 0.132. The van der Waals surface area contributed by atoms with Gasteiger partial charge in [-0.25, -0.2) is 0 Å². The third kappa shape index (κ3) is 7.15. The summed E-state index contributed by atoms with van der Waals surface area (Å²) in [6.07, 6.45) is 15.0. The van der Waals surface area contributed by atoms with Gasteiger partial charge in [-0.1, -0.05) is 65.5 Å². The minimum atomic E-state index is -1.30. The molecule has 4 aliphatic carbocycles. The molecule has 0 bridgehead atoms. The van der Waals surface area contributed by atoms with Crippen LogP contribution in [-0.2, 0) is 9.47 Å². The van der Waals surface area contributed by atoms with Crippen LogP contribution in [0.15, 0.2) is 11.6 Å². The van der Waals surface area contributed by atoms with E-state index in [0.717, 1.165) is 73.6 Å². The van der Waals surface area contributed by atoms with Crippen LogP contribution in [0.4, 0.5) is 0 Å². The van der Waals surface area contributed by atoms with Gasteiger partial charge in [-0.2, -0.15) is 0 Å². The normalized spacial score (nSPS) is 44.5. The highest BCUT2D eigenvalue weighted by Gasteiger charge is 2.59. The molecule has 0 aromatic carbocycles. The number of thioether (sulfide) groups is 1. The molecule has 1 aliphatic heterocycles. The Bertz CT molecular complexity index is 956. The third-order valence-corrected chi connectivity index (χ3v) is 14.5. The average molecular weight is 637 g/mol. The van der Waals surface area contributed by atoms with Crippen LogP contribution in [0.5, 0.6) is 0 Å². The lowest BCUT2D eigenvalue weighted by Crippen LogP contribution is -2.57. The van der Waals surface area contributed by atoms with Crippen molar-refractivity contribution in [3.8, 4) is 0 Å². The first-order chi connectivity index (χ1) is 21.0. The standard InChI is InChI=1S/C37H64O6S/c1-23(2)9-8-10-24(3)28-13-14-29-27-12-11-25-21-26(15-17-36(25,4)30(27)16-18-37(28,29)5)42-19-6-7-20-44-35-34(41)33(40)32(39)31(22-38)43-35/h11,23-24,26-35,38-41H,6-10,12-22H2,1-5H3/t24-,26+,27?,28-,29?,30?,31-,32-,33+,34+,35+,36+,37-/m1/s1. The molecule has 0 spiro atoms. The molecule has 4 fully saturated rings. The molecular weight excluding hydrogens is 572 g/mol. The van der Waals surface area contributed by atoms with E-state index in [1.54, 1.807) is 5.57 Å². The highest BCUT2D eigenvalue weighted by Crippen LogP contribution is 2.67. The Hall–Kier alpha value is -0.150. The minimum absolute atomic E-state index is 0.320. The highest BCUT2D eigenvalue weighted by atomic mass is 32.2. The maximum absolute atomic E-state index is 10.2. The van der Waals surface area contributed by atoms with Crippen molar-refractivity contribution >= 4 is 11.8 Å². The van der Waals surface area contributed by atoms with Crippen molar-refractivity contribution in [2.45, 2.75) is 154 Å². The van der Waals surface area contributed by atoms with Gasteiger partial charge in [0, 0.05) is 6.61 Å². The van der Waals surface area contributed by atoms with Crippen LogP contribution in [0.25, 0.3) is 0 Å². The van der Waals surface area contributed by atoms with E-state index in [1.807, 2.05) is 0 Å². The Balaban J connectivity index is 1.07. The Labute approximate surface area is 272 Å². The molecule has 13 atom stereocenters. The molecule has 5 rings (SSSR count). The van der Waals surface area contributed by atoms with Crippen molar-refractivity contribution in [2.75, 3.05) is 19.0 Å². The summed E-state index contributed by atoms with van der Waals surface area (Å²) in [6, 6.07) is 0. The highest BCUT2D eigenvalue weighted by molar-refractivity contribution is 7.99. The molecule has 0 aromatic rings. The molecule has 5 aliphatic rings. The van der Waals surface area contributed by atoms with Crippen molar-refractivity contribution in [2.24, 2.45) is 46.3 Å². The number of aliphatic hydroxyl groups excluding tert-OH is 4. The summed E-state index contributed by atoms with van der Waals surface area (Å²) >= 11 is 1.43. The molecule has 4 N–H and O–H groups in total. The molecule has 3 unspecified atom stereocenters.